The molecule has 17 heavy (non-hydrogen) atoms. The zero-order valence-electron chi connectivity index (χ0n) is 8.71. The predicted octanol–water partition coefficient (Wildman–Crippen LogP) is 0.780. The van der Waals surface area contributed by atoms with Crippen molar-refractivity contribution in [3.8, 4) is 5.75 Å². The highest BCUT2D eigenvalue weighted by atomic mass is 32.2. The van der Waals surface area contributed by atoms with E-state index in [1.807, 2.05) is 0 Å². The van der Waals surface area contributed by atoms with Gasteiger partial charge in [-0.15, -0.1) is 0 Å². The van der Waals surface area contributed by atoms with Gasteiger partial charge in [0, 0.05) is 6.07 Å². The Bertz CT molecular complexity index is 557. The van der Waals surface area contributed by atoms with Crippen LogP contribution in [-0.4, -0.2) is 19.9 Å². The van der Waals surface area contributed by atoms with Gasteiger partial charge >= 0.3 is 0 Å². The molecule has 0 unspecified atom stereocenters. The van der Waals surface area contributed by atoms with Crippen molar-refractivity contribution in [3.63, 3.8) is 0 Å². The number of hydrogen-bond acceptors (Lipinski definition) is 5. The molecule has 0 saturated carbocycles. The van der Waals surface area contributed by atoms with Gasteiger partial charge in [-0.2, -0.15) is 0 Å². The maximum absolute atomic E-state index is 13.4. The molecule has 0 aliphatic heterocycles. The number of sulfonamides is 1. The summed E-state index contributed by atoms with van der Waals surface area (Å²) in [7, 11) is -4.30. The SMILES string of the molecule is CCOc1c(F)cc([N+](=O)[O-])cc1S(N)(=O)=O. The van der Waals surface area contributed by atoms with E-state index in [9.17, 15) is 22.9 Å². The summed E-state index contributed by atoms with van der Waals surface area (Å²) in [5, 5.41) is 15.3. The number of ether oxygens (including phenoxy) is 1. The van der Waals surface area contributed by atoms with Gasteiger partial charge in [-0.1, -0.05) is 0 Å². The summed E-state index contributed by atoms with van der Waals surface area (Å²) < 4.78 is 40.5. The maximum Gasteiger partial charge on any atom is 0.274 e. The number of nitro benzene ring substituents is 1. The fourth-order valence-electron chi connectivity index (χ4n) is 1.16. The number of benzene rings is 1. The standard InChI is InChI=1S/C8H9FN2O5S/c1-2-16-8-6(9)3-5(11(12)13)4-7(8)17(10,14)15/h3-4H,2H2,1H3,(H2,10,14,15). The lowest BCUT2D eigenvalue weighted by molar-refractivity contribution is -0.385. The van der Waals surface area contributed by atoms with E-state index in [4.69, 9.17) is 9.88 Å². The molecule has 2 N–H and O–H groups in total. The van der Waals surface area contributed by atoms with Crippen LogP contribution in [0.2, 0.25) is 0 Å². The molecule has 1 aromatic carbocycles. The van der Waals surface area contributed by atoms with E-state index in [1.54, 1.807) is 0 Å². The molecule has 0 saturated heterocycles. The normalized spacial score (nSPS) is 11.2. The minimum absolute atomic E-state index is 0.00273. The highest BCUT2D eigenvalue weighted by Gasteiger charge is 2.24. The number of primary sulfonamides is 1. The highest BCUT2D eigenvalue weighted by Crippen LogP contribution is 2.30. The first-order chi connectivity index (χ1) is 7.77. The molecule has 1 rings (SSSR count). The van der Waals surface area contributed by atoms with Crippen LogP contribution in [0.4, 0.5) is 10.1 Å². The third-order valence-corrected chi connectivity index (χ3v) is 2.72. The van der Waals surface area contributed by atoms with Gasteiger partial charge in [0.1, 0.15) is 4.90 Å². The van der Waals surface area contributed by atoms with Gasteiger partial charge in [-0.3, -0.25) is 10.1 Å². The molecule has 0 fully saturated rings. The molecule has 0 radical (unpaired) electrons. The summed E-state index contributed by atoms with van der Waals surface area (Å²) in [6.07, 6.45) is 0. The van der Waals surface area contributed by atoms with Crippen molar-refractivity contribution in [3.05, 3.63) is 28.1 Å². The van der Waals surface area contributed by atoms with Crippen molar-refractivity contribution in [1.82, 2.24) is 0 Å². The summed E-state index contributed by atoms with van der Waals surface area (Å²) in [6.45, 7) is 1.50. The smallest absolute Gasteiger partial charge is 0.274 e. The molecular weight excluding hydrogens is 255 g/mol. The van der Waals surface area contributed by atoms with Gasteiger partial charge < -0.3 is 4.74 Å². The third-order valence-electron chi connectivity index (χ3n) is 1.80. The van der Waals surface area contributed by atoms with Gasteiger partial charge in [-0.05, 0) is 6.92 Å². The van der Waals surface area contributed by atoms with Crippen molar-refractivity contribution in [2.45, 2.75) is 11.8 Å². The Morgan fingerprint density at radius 2 is 2.12 bits per heavy atom. The minimum Gasteiger partial charge on any atom is -0.489 e. The summed E-state index contributed by atoms with van der Waals surface area (Å²) >= 11 is 0. The Balaban J connectivity index is 3.56. The molecule has 0 spiro atoms. The topological polar surface area (TPSA) is 113 Å². The number of non-ortho nitro benzene ring substituents is 1. The summed E-state index contributed by atoms with van der Waals surface area (Å²) in [5.74, 6) is -1.76. The van der Waals surface area contributed by atoms with Crippen LogP contribution in [0.15, 0.2) is 17.0 Å². The van der Waals surface area contributed by atoms with E-state index < -0.39 is 37.1 Å². The number of nitrogens with two attached hydrogens (primary N) is 1. The summed E-state index contributed by atoms with van der Waals surface area (Å²) in [5.41, 5.74) is -0.713. The third kappa shape index (κ3) is 2.88. The quantitative estimate of drug-likeness (QED) is 0.637. The lowest BCUT2D eigenvalue weighted by atomic mass is 10.3. The van der Waals surface area contributed by atoms with E-state index in [-0.39, 0.29) is 6.61 Å². The van der Waals surface area contributed by atoms with Crippen LogP contribution in [0.5, 0.6) is 5.75 Å². The van der Waals surface area contributed by atoms with E-state index in [0.29, 0.717) is 12.1 Å². The first kappa shape index (κ1) is 13.3. The second-order valence-corrected chi connectivity index (χ2v) is 4.52. The molecular formula is C8H9FN2O5S. The Kier molecular flexibility index (Phi) is 3.63. The van der Waals surface area contributed by atoms with Crippen LogP contribution in [0, 0.1) is 15.9 Å². The Hall–Kier alpha value is -1.74. The van der Waals surface area contributed by atoms with Crippen molar-refractivity contribution in [2.24, 2.45) is 5.14 Å². The number of nitrogens with zero attached hydrogens (tertiary/aromatic N) is 1. The summed E-state index contributed by atoms with van der Waals surface area (Å²) in [4.78, 5) is 8.80. The molecule has 0 amide bonds. The first-order valence-corrected chi connectivity index (χ1v) is 5.95. The van der Waals surface area contributed by atoms with Crippen LogP contribution >= 0.6 is 0 Å². The Morgan fingerprint density at radius 1 is 1.53 bits per heavy atom. The molecule has 1 aromatic rings. The number of nitro groups is 1. The van der Waals surface area contributed by atoms with Crippen LogP contribution in [-0.2, 0) is 10.0 Å². The molecule has 0 bridgehead atoms. The molecule has 7 nitrogen and oxygen atoms in total. The molecule has 0 aromatic heterocycles. The van der Waals surface area contributed by atoms with Crippen molar-refractivity contribution in [1.29, 1.82) is 0 Å². The van der Waals surface area contributed by atoms with Crippen LogP contribution < -0.4 is 9.88 Å². The fourth-order valence-corrected chi connectivity index (χ4v) is 1.86. The minimum atomic E-state index is -4.30. The van der Waals surface area contributed by atoms with Crippen LogP contribution in [0.25, 0.3) is 0 Å². The highest BCUT2D eigenvalue weighted by molar-refractivity contribution is 7.89. The second kappa shape index (κ2) is 4.63. The summed E-state index contributed by atoms with van der Waals surface area (Å²) in [6, 6.07) is 1.23. The van der Waals surface area contributed by atoms with Crippen molar-refractivity contribution < 1.29 is 22.5 Å². The molecule has 0 atom stereocenters. The molecule has 0 heterocycles. The lowest BCUT2D eigenvalue weighted by Gasteiger charge is -2.09. The van der Waals surface area contributed by atoms with E-state index in [1.165, 1.54) is 6.92 Å². The van der Waals surface area contributed by atoms with Crippen LogP contribution in [0.1, 0.15) is 6.92 Å². The van der Waals surface area contributed by atoms with Gasteiger partial charge in [0.15, 0.2) is 11.6 Å². The van der Waals surface area contributed by atoms with E-state index in [0.717, 1.165) is 0 Å². The molecule has 0 aliphatic rings. The van der Waals surface area contributed by atoms with Crippen LogP contribution in [0.3, 0.4) is 0 Å². The van der Waals surface area contributed by atoms with Gasteiger partial charge in [0.2, 0.25) is 10.0 Å². The molecule has 0 aliphatic carbocycles. The zero-order chi connectivity index (χ0) is 13.2. The second-order valence-electron chi connectivity index (χ2n) is 2.99. The number of hydrogen-bond donors (Lipinski definition) is 1. The zero-order valence-corrected chi connectivity index (χ0v) is 9.53. The van der Waals surface area contributed by atoms with Gasteiger partial charge in [0.25, 0.3) is 5.69 Å². The maximum atomic E-state index is 13.4. The van der Waals surface area contributed by atoms with Gasteiger partial charge in [-0.25, -0.2) is 17.9 Å². The lowest BCUT2D eigenvalue weighted by Crippen LogP contribution is -2.15. The van der Waals surface area contributed by atoms with Gasteiger partial charge in [0.05, 0.1) is 17.6 Å². The van der Waals surface area contributed by atoms with E-state index in [2.05, 4.69) is 0 Å². The Labute approximate surface area is 96.2 Å². The fraction of sp³-hybridized carbons (Fsp3) is 0.250. The van der Waals surface area contributed by atoms with E-state index >= 15 is 0 Å². The molecule has 94 valence electrons. The first-order valence-electron chi connectivity index (χ1n) is 4.41. The Morgan fingerprint density at radius 3 is 2.53 bits per heavy atom. The van der Waals surface area contributed by atoms with Crippen molar-refractivity contribution >= 4 is 15.7 Å². The molecule has 9 heteroatoms. The average molecular weight is 264 g/mol. The van der Waals surface area contributed by atoms with Crippen molar-refractivity contribution in [2.75, 3.05) is 6.61 Å². The average Bonchev–Trinajstić information content (AvgIpc) is 2.18. The predicted molar refractivity (Wildman–Crippen MR) is 55.6 cm³/mol. The number of rotatable bonds is 4. The monoisotopic (exact) mass is 264 g/mol. The number of halogens is 1. The largest absolute Gasteiger partial charge is 0.489 e.